The van der Waals surface area contributed by atoms with Gasteiger partial charge in [-0.2, -0.15) is 0 Å². The van der Waals surface area contributed by atoms with Crippen LogP contribution in [0.2, 0.25) is 0 Å². The Morgan fingerprint density at radius 1 is 1.38 bits per heavy atom. The van der Waals surface area contributed by atoms with Crippen LogP contribution in [0.3, 0.4) is 0 Å². The van der Waals surface area contributed by atoms with Crippen LogP contribution in [0.15, 0.2) is 30.3 Å². The molecule has 1 aromatic carbocycles. The van der Waals surface area contributed by atoms with Crippen molar-refractivity contribution >= 4 is 11.9 Å². The zero-order valence-corrected chi connectivity index (χ0v) is 12.2. The van der Waals surface area contributed by atoms with Crippen molar-refractivity contribution in [2.75, 3.05) is 6.54 Å². The SMILES string of the molecule is CC1C(C(=O)O)CCN1C(=O)C(N)CCc1ccccc1. The molecule has 3 atom stereocenters. The van der Waals surface area contributed by atoms with Crippen LogP contribution >= 0.6 is 0 Å². The van der Waals surface area contributed by atoms with Crippen molar-refractivity contribution in [3.63, 3.8) is 0 Å². The Hall–Kier alpha value is -1.88. The molecule has 1 aliphatic heterocycles. The zero-order valence-electron chi connectivity index (χ0n) is 12.2. The highest BCUT2D eigenvalue weighted by Crippen LogP contribution is 2.25. The van der Waals surface area contributed by atoms with E-state index in [1.54, 1.807) is 11.8 Å². The van der Waals surface area contributed by atoms with E-state index in [1.807, 2.05) is 30.3 Å². The molecule has 114 valence electrons. The third kappa shape index (κ3) is 3.61. The Kier molecular flexibility index (Phi) is 4.96. The number of carboxylic acid groups (broad SMARTS) is 1. The van der Waals surface area contributed by atoms with Gasteiger partial charge in [0.1, 0.15) is 0 Å². The summed E-state index contributed by atoms with van der Waals surface area (Å²) in [6.45, 7) is 2.27. The molecule has 1 heterocycles. The van der Waals surface area contributed by atoms with Gasteiger partial charge >= 0.3 is 5.97 Å². The van der Waals surface area contributed by atoms with Gasteiger partial charge in [-0.15, -0.1) is 0 Å². The standard InChI is InChI=1S/C16H22N2O3/c1-11-13(16(20)21)9-10-18(11)15(19)14(17)8-7-12-5-3-2-4-6-12/h2-6,11,13-14H,7-10,17H2,1H3,(H,20,21). The van der Waals surface area contributed by atoms with Gasteiger partial charge in [0.2, 0.25) is 5.91 Å². The van der Waals surface area contributed by atoms with Gasteiger partial charge in [0, 0.05) is 12.6 Å². The van der Waals surface area contributed by atoms with E-state index in [0.717, 1.165) is 12.0 Å². The summed E-state index contributed by atoms with van der Waals surface area (Å²) in [5, 5.41) is 9.10. The van der Waals surface area contributed by atoms with Crippen molar-refractivity contribution in [1.29, 1.82) is 0 Å². The maximum absolute atomic E-state index is 12.4. The summed E-state index contributed by atoms with van der Waals surface area (Å²) in [5.41, 5.74) is 7.14. The van der Waals surface area contributed by atoms with Gasteiger partial charge in [-0.05, 0) is 31.7 Å². The number of nitrogens with two attached hydrogens (primary N) is 1. The van der Waals surface area contributed by atoms with Crippen LogP contribution in [-0.4, -0.2) is 40.5 Å². The molecule has 5 nitrogen and oxygen atoms in total. The minimum absolute atomic E-state index is 0.137. The lowest BCUT2D eigenvalue weighted by Crippen LogP contribution is -2.46. The fraction of sp³-hybridized carbons (Fsp3) is 0.500. The van der Waals surface area contributed by atoms with Crippen LogP contribution in [0.1, 0.15) is 25.3 Å². The summed E-state index contributed by atoms with van der Waals surface area (Å²) in [5.74, 6) is -1.45. The van der Waals surface area contributed by atoms with E-state index in [2.05, 4.69) is 0 Å². The number of nitrogens with zero attached hydrogens (tertiary/aromatic N) is 1. The molecule has 0 spiro atoms. The van der Waals surface area contributed by atoms with Gasteiger partial charge in [-0.1, -0.05) is 30.3 Å². The summed E-state index contributed by atoms with van der Waals surface area (Å²) >= 11 is 0. The highest BCUT2D eigenvalue weighted by atomic mass is 16.4. The van der Waals surface area contributed by atoms with Crippen LogP contribution < -0.4 is 5.73 Å². The highest BCUT2D eigenvalue weighted by Gasteiger charge is 2.39. The maximum Gasteiger partial charge on any atom is 0.308 e. The van der Waals surface area contributed by atoms with Crippen molar-refractivity contribution in [1.82, 2.24) is 4.90 Å². The molecule has 0 aromatic heterocycles. The van der Waals surface area contributed by atoms with Crippen molar-refractivity contribution in [3.8, 4) is 0 Å². The molecule has 3 N–H and O–H groups in total. The van der Waals surface area contributed by atoms with Crippen molar-refractivity contribution in [2.45, 2.75) is 38.3 Å². The second-order valence-electron chi connectivity index (χ2n) is 5.64. The number of amides is 1. The van der Waals surface area contributed by atoms with Gasteiger partial charge in [0.25, 0.3) is 0 Å². The van der Waals surface area contributed by atoms with E-state index >= 15 is 0 Å². The lowest BCUT2D eigenvalue weighted by atomic mass is 10.0. The van der Waals surface area contributed by atoms with Crippen molar-refractivity contribution in [2.24, 2.45) is 11.7 Å². The summed E-state index contributed by atoms with van der Waals surface area (Å²) in [6, 6.07) is 9.04. The number of rotatable bonds is 5. The zero-order chi connectivity index (χ0) is 15.4. The van der Waals surface area contributed by atoms with Crippen LogP contribution in [-0.2, 0) is 16.0 Å². The van der Waals surface area contributed by atoms with E-state index in [1.165, 1.54) is 0 Å². The van der Waals surface area contributed by atoms with E-state index < -0.39 is 17.9 Å². The lowest BCUT2D eigenvalue weighted by Gasteiger charge is -2.26. The first-order valence-electron chi connectivity index (χ1n) is 7.33. The molecular formula is C16H22N2O3. The van der Waals surface area contributed by atoms with Crippen LogP contribution in [0, 0.1) is 5.92 Å². The summed E-state index contributed by atoms with van der Waals surface area (Å²) < 4.78 is 0. The molecule has 3 unspecified atom stereocenters. The molecule has 0 bridgehead atoms. The quantitative estimate of drug-likeness (QED) is 0.855. The average molecular weight is 290 g/mol. The molecule has 1 fully saturated rings. The number of carbonyl (C=O) groups excluding carboxylic acids is 1. The largest absolute Gasteiger partial charge is 0.481 e. The summed E-state index contributed by atoms with van der Waals surface area (Å²) in [6.07, 6.45) is 1.83. The van der Waals surface area contributed by atoms with Crippen LogP contribution in [0.25, 0.3) is 0 Å². The van der Waals surface area contributed by atoms with E-state index in [-0.39, 0.29) is 11.9 Å². The van der Waals surface area contributed by atoms with Crippen LogP contribution in [0.4, 0.5) is 0 Å². The van der Waals surface area contributed by atoms with E-state index in [0.29, 0.717) is 19.4 Å². The third-order valence-corrected chi connectivity index (χ3v) is 4.26. The first-order valence-corrected chi connectivity index (χ1v) is 7.33. The first-order chi connectivity index (χ1) is 10.0. The molecule has 0 saturated carbocycles. The minimum Gasteiger partial charge on any atom is -0.481 e. The predicted octanol–water partition coefficient (Wildman–Crippen LogP) is 1.27. The Morgan fingerprint density at radius 3 is 2.62 bits per heavy atom. The molecule has 1 aliphatic rings. The number of likely N-dealkylation sites (tertiary alicyclic amines) is 1. The van der Waals surface area contributed by atoms with Gasteiger partial charge in [-0.3, -0.25) is 9.59 Å². The number of carbonyl (C=O) groups is 2. The number of hydrogen-bond acceptors (Lipinski definition) is 3. The molecule has 5 heteroatoms. The topological polar surface area (TPSA) is 83.6 Å². The molecule has 1 amide bonds. The predicted molar refractivity (Wildman–Crippen MR) is 79.7 cm³/mol. The minimum atomic E-state index is -0.837. The normalized spacial score (nSPS) is 23.0. The second kappa shape index (κ2) is 6.72. The van der Waals surface area contributed by atoms with Gasteiger partial charge < -0.3 is 15.7 Å². The molecular weight excluding hydrogens is 268 g/mol. The van der Waals surface area contributed by atoms with Crippen molar-refractivity contribution < 1.29 is 14.7 Å². The first kappa shape index (κ1) is 15.5. The van der Waals surface area contributed by atoms with Gasteiger partial charge in [0.15, 0.2) is 0 Å². The van der Waals surface area contributed by atoms with Crippen LogP contribution in [0.5, 0.6) is 0 Å². The molecule has 0 aliphatic carbocycles. The molecule has 1 saturated heterocycles. The number of benzene rings is 1. The van der Waals surface area contributed by atoms with E-state index in [9.17, 15) is 9.59 Å². The van der Waals surface area contributed by atoms with E-state index in [4.69, 9.17) is 10.8 Å². The monoisotopic (exact) mass is 290 g/mol. The highest BCUT2D eigenvalue weighted by molar-refractivity contribution is 5.83. The maximum atomic E-state index is 12.4. The van der Waals surface area contributed by atoms with Crippen molar-refractivity contribution in [3.05, 3.63) is 35.9 Å². The lowest BCUT2D eigenvalue weighted by molar-refractivity contribution is -0.143. The fourth-order valence-corrected chi connectivity index (χ4v) is 2.88. The Balaban J connectivity index is 1.89. The number of carboxylic acids is 1. The molecule has 2 rings (SSSR count). The smallest absolute Gasteiger partial charge is 0.308 e. The third-order valence-electron chi connectivity index (χ3n) is 4.26. The van der Waals surface area contributed by atoms with Gasteiger partial charge in [0.05, 0.1) is 12.0 Å². The number of hydrogen-bond donors (Lipinski definition) is 2. The fourth-order valence-electron chi connectivity index (χ4n) is 2.88. The number of aryl methyl sites for hydroxylation is 1. The molecule has 1 aromatic rings. The Morgan fingerprint density at radius 2 is 2.05 bits per heavy atom. The Labute approximate surface area is 124 Å². The summed E-state index contributed by atoms with van der Waals surface area (Å²) in [4.78, 5) is 25.1. The molecule has 21 heavy (non-hydrogen) atoms. The second-order valence-corrected chi connectivity index (χ2v) is 5.64. The molecule has 0 radical (unpaired) electrons. The Bertz CT molecular complexity index is 504. The van der Waals surface area contributed by atoms with Gasteiger partial charge in [-0.25, -0.2) is 0 Å². The number of aliphatic carboxylic acids is 1. The average Bonchev–Trinajstić information content (AvgIpc) is 2.87. The summed E-state index contributed by atoms with van der Waals surface area (Å²) in [7, 11) is 0.